The van der Waals surface area contributed by atoms with Crippen LogP contribution in [0.1, 0.15) is 24.2 Å². The molecule has 0 bridgehead atoms. The minimum Gasteiger partial charge on any atom is -0.383 e. The number of methoxy groups -OCH3 is 1. The molecule has 1 aliphatic rings. The van der Waals surface area contributed by atoms with E-state index in [1.807, 2.05) is 48.2 Å². The van der Waals surface area contributed by atoms with Crippen LogP contribution in [0.4, 0.5) is 5.69 Å². The standard InChI is InChI=1S/C18H29N3O2/c1-14-12-20(13-15(2)21(14)9-10-23-5)18(22)16-7-6-8-17(11-16)19(3)4/h6-8,11,14-15H,9-10,12-13H2,1-5H3. The fourth-order valence-electron chi connectivity index (χ4n) is 3.26. The van der Waals surface area contributed by atoms with Crippen LogP contribution in [0.25, 0.3) is 0 Å². The van der Waals surface area contributed by atoms with Crippen molar-refractivity contribution in [3.8, 4) is 0 Å². The highest BCUT2D eigenvalue weighted by molar-refractivity contribution is 5.95. The Morgan fingerprint density at radius 1 is 1.26 bits per heavy atom. The third-order valence-electron chi connectivity index (χ3n) is 4.55. The Morgan fingerprint density at radius 3 is 2.48 bits per heavy atom. The van der Waals surface area contributed by atoms with Crippen molar-refractivity contribution in [1.29, 1.82) is 0 Å². The summed E-state index contributed by atoms with van der Waals surface area (Å²) in [4.78, 5) is 19.3. The largest absolute Gasteiger partial charge is 0.383 e. The van der Waals surface area contributed by atoms with Gasteiger partial charge in [-0.2, -0.15) is 0 Å². The second-order valence-electron chi connectivity index (χ2n) is 6.58. The molecule has 0 saturated carbocycles. The molecule has 128 valence electrons. The highest BCUT2D eigenvalue weighted by Gasteiger charge is 2.31. The number of hydrogen-bond donors (Lipinski definition) is 0. The van der Waals surface area contributed by atoms with E-state index in [4.69, 9.17) is 4.74 Å². The first-order valence-electron chi connectivity index (χ1n) is 8.25. The summed E-state index contributed by atoms with van der Waals surface area (Å²) in [5, 5.41) is 0. The SMILES string of the molecule is COCCN1C(C)CN(C(=O)c2cccc(N(C)C)c2)CC1C. The van der Waals surface area contributed by atoms with Gasteiger partial charge < -0.3 is 14.5 Å². The van der Waals surface area contributed by atoms with E-state index < -0.39 is 0 Å². The molecule has 2 rings (SSSR count). The second-order valence-corrected chi connectivity index (χ2v) is 6.58. The Balaban J connectivity index is 2.08. The highest BCUT2D eigenvalue weighted by Crippen LogP contribution is 2.20. The topological polar surface area (TPSA) is 36.0 Å². The monoisotopic (exact) mass is 319 g/mol. The first kappa shape index (κ1) is 17.8. The second kappa shape index (κ2) is 7.79. The van der Waals surface area contributed by atoms with Crippen LogP contribution in [-0.2, 0) is 4.74 Å². The maximum atomic E-state index is 12.9. The maximum absolute atomic E-state index is 12.9. The Labute approximate surface area is 139 Å². The smallest absolute Gasteiger partial charge is 0.254 e. The number of ether oxygens (including phenoxy) is 1. The van der Waals surface area contributed by atoms with Crippen molar-refractivity contribution < 1.29 is 9.53 Å². The van der Waals surface area contributed by atoms with Crippen LogP contribution in [0.3, 0.4) is 0 Å². The summed E-state index contributed by atoms with van der Waals surface area (Å²) in [7, 11) is 5.71. The fraction of sp³-hybridized carbons (Fsp3) is 0.611. The van der Waals surface area contributed by atoms with Crippen LogP contribution in [0, 0.1) is 0 Å². The summed E-state index contributed by atoms with van der Waals surface area (Å²) in [6.45, 7) is 7.53. The molecule has 23 heavy (non-hydrogen) atoms. The van der Waals surface area contributed by atoms with Gasteiger partial charge in [0.05, 0.1) is 6.61 Å². The molecule has 1 amide bonds. The van der Waals surface area contributed by atoms with Gasteiger partial charge in [0.15, 0.2) is 0 Å². The average molecular weight is 319 g/mol. The van der Waals surface area contributed by atoms with Gasteiger partial charge in [0.25, 0.3) is 5.91 Å². The summed E-state index contributed by atoms with van der Waals surface area (Å²) >= 11 is 0. The van der Waals surface area contributed by atoms with Crippen molar-refractivity contribution >= 4 is 11.6 Å². The zero-order valence-electron chi connectivity index (χ0n) is 15.0. The van der Waals surface area contributed by atoms with Gasteiger partial charge in [0.1, 0.15) is 0 Å². The molecule has 1 aromatic carbocycles. The third kappa shape index (κ3) is 4.24. The zero-order chi connectivity index (χ0) is 17.0. The third-order valence-corrected chi connectivity index (χ3v) is 4.55. The normalized spacial score (nSPS) is 22.2. The number of amides is 1. The average Bonchev–Trinajstić information content (AvgIpc) is 2.53. The zero-order valence-corrected chi connectivity index (χ0v) is 15.0. The molecular formula is C18H29N3O2. The maximum Gasteiger partial charge on any atom is 0.254 e. The molecule has 1 fully saturated rings. The van der Waals surface area contributed by atoms with Crippen molar-refractivity contribution in [3.63, 3.8) is 0 Å². The number of nitrogens with zero attached hydrogens (tertiary/aromatic N) is 3. The van der Waals surface area contributed by atoms with Crippen molar-refractivity contribution in [2.75, 3.05) is 52.3 Å². The van der Waals surface area contributed by atoms with Crippen molar-refractivity contribution in [2.24, 2.45) is 0 Å². The van der Waals surface area contributed by atoms with E-state index in [0.29, 0.717) is 12.1 Å². The molecule has 0 radical (unpaired) electrons. The molecular weight excluding hydrogens is 290 g/mol. The molecule has 1 aromatic rings. The van der Waals surface area contributed by atoms with Gasteiger partial charge >= 0.3 is 0 Å². The van der Waals surface area contributed by atoms with Gasteiger partial charge in [-0.1, -0.05) is 6.07 Å². The van der Waals surface area contributed by atoms with E-state index in [9.17, 15) is 4.79 Å². The molecule has 1 saturated heterocycles. The van der Waals surface area contributed by atoms with Crippen LogP contribution >= 0.6 is 0 Å². The number of anilines is 1. The number of carbonyl (C=O) groups is 1. The Bertz CT molecular complexity index is 521. The molecule has 1 aliphatic heterocycles. The van der Waals surface area contributed by atoms with Crippen LogP contribution < -0.4 is 4.90 Å². The van der Waals surface area contributed by atoms with E-state index in [2.05, 4.69) is 18.7 Å². The lowest BCUT2D eigenvalue weighted by Gasteiger charge is -2.44. The summed E-state index contributed by atoms with van der Waals surface area (Å²) in [5.74, 6) is 0.124. The van der Waals surface area contributed by atoms with Crippen LogP contribution in [0.5, 0.6) is 0 Å². The summed E-state index contributed by atoms with van der Waals surface area (Å²) in [5.41, 5.74) is 1.82. The molecule has 2 atom stereocenters. The minimum atomic E-state index is 0.124. The van der Waals surface area contributed by atoms with E-state index in [0.717, 1.165) is 37.5 Å². The van der Waals surface area contributed by atoms with Gasteiger partial charge in [-0.25, -0.2) is 0 Å². The molecule has 5 heteroatoms. The lowest BCUT2D eigenvalue weighted by atomic mass is 10.1. The van der Waals surface area contributed by atoms with Gasteiger partial charge in [0.2, 0.25) is 0 Å². The van der Waals surface area contributed by atoms with E-state index >= 15 is 0 Å². The number of carbonyl (C=O) groups excluding carboxylic acids is 1. The van der Waals surface area contributed by atoms with Crippen molar-refractivity contribution in [3.05, 3.63) is 29.8 Å². The first-order chi connectivity index (χ1) is 10.9. The van der Waals surface area contributed by atoms with Crippen molar-refractivity contribution in [2.45, 2.75) is 25.9 Å². The van der Waals surface area contributed by atoms with Crippen LogP contribution in [-0.4, -0.2) is 75.2 Å². The molecule has 0 aromatic heterocycles. The summed E-state index contributed by atoms with van der Waals surface area (Å²) in [6, 6.07) is 8.52. The van der Waals surface area contributed by atoms with Crippen LogP contribution in [0.15, 0.2) is 24.3 Å². The predicted octanol–water partition coefficient (Wildman–Crippen LogP) is 1.93. The van der Waals surface area contributed by atoms with Crippen molar-refractivity contribution in [1.82, 2.24) is 9.80 Å². The molecule has 5 nitrogen and oxygen atoms in total. The number of hydrogen-bond acceptors (Lipinski definition) is 4. The summed E-state index contributed by atoms with van der Waals surface area (Å²) < 4.78 is 5.19. The van der Waals surface area contributed by atoms with E-state index in [1.54, 1.807) is 7.11 Å². The van der Waals surface area contributed by atoms with Gasteiger partial charge in [-0.3, -0.25) is 9.69 Å². The number of rotatable bonds is 5. The fourth-order valence-corrected chi connectivity index (χ4v) is 3.26. The molecule has 0 aliphatic carbocycles. The van der Waals surface area contributed by atoms with E-state index in [1.165, 1.54) is 0 Å². The van der Waals surface area contributed by atoms with Crippen LogP contribution in [0.2, 0.25) is 0 Å². The van der Waals surface area contributed by atoms with Gasteiger partial charge in [-0.15, -0.1) is 0 Å². The lowest BCUT2D eigenvalue weighted by Crippen LogP contribution is -2.58. The predicted molar refractivity (Wildman–Crippen MR) is 94.2 cm³/mol. The Kier molecular flexibility index (Phi) is 6.02. The quantitative estimate of drug-likeness (QED) is 0.831. The molecule has 0 spiro atoms. The van der Waals surface area contributed by atoms with Gasteiger partial charge in [0, 0.05) is 64.2 Å². The summed E-state index contributed by atoms with van der Waals surface area (Å²) in [6.07, 6.45) is 0. The molecule has 1 heterocycles. The highest BCUT2D eigenvalue weighted by atomic mass is 16.5. The Hall–Kier alpha value is -1.59. The molecule has 2 unspecified atom stereocenters. The lowest BCUT2D eigenvalue weighted by molar-refractivity contribution is 0.0193. The van der Waals surface area contributed by atoms with E-state index in [-0.39, 0.29) is 5.91 Å². The molecule has 0 N–H and O–H groups in total. The number of benzene rings is 1. The Morgan fingerprint density at radius 2 is 1.91 bits per heavy atom. The van der Waals surface area contributed by atoms with Gasteiger partial charge in [-0.05, 0) is 32.0 Å². The minimum absolute atomic E-state index is 0.124. The number of piperazine rings is 1. The first-order valence-corrected chi connectivity index (χ1v) is 8.25.